The van der Waals surface area contributed by atoms with E-state index in [2.05, 4.69) is 22.2 Å². The Kier molecular flexibility index (Phi) is 5.13. The van der Waals surface area contributed by atoms with Crippen LogP contribution in [0, 0.1) is 5.92 Å². The van der Waals surface area contributed by atoms with Crippen LogP contribution in [0.3, 0.4) is 0 Å². The Bertz CT molecular complexity index is 431. The van der Waals surface area contributed by atoms with Crippen LogP contribution < -0.4 is 16.2 Å². The number of hydrogen-bond donors (Lipinski definition) is 2. The molecule has 1 fully saturated rings. The average molecular weight is 303 g/mol. The maximum atomic E-state index is 6.23. The minimum absolute atomic E-state index is 0.442. The first-order valence-corrected chi connectivity index (χ1v) is 7.49. The van der Waals surface area contributed by atoms with Gasteiger partial charge < -0.3 is 10.3 Å². The summed E-state index contributed by atoms with van der Waals surface area (Å²) in [6, 6.07) is 1.69. The lowest BCUT2D eigenvalue weighted by Gasteiger charge is -2.33. The predicted octanol–water partition coefficient (Wildman–Crippen LogP) is 3.69. The molecule has 0 aliphatic carbocycles. The highest BCUT2D eigenvalue weighted by atomic mass is 35.5. The molecule has 0 bridgehead atoms. The second-order valence-corrected chi connectivity index (χ2v) is 5.80. The molecule has 0 aromatic carbocycles. The predicted molar refractivity (Wildman–Crippen MR) is 81.9 cm³/mol. The zero-order valence-corrected chi connectivity index (χ0v) is 12.6. The average Bonchev–Trinajstić information content (AvgIpc) is 2.41. The Morgan fingerprint density at radius 2 is 2.05 bits per heavy atom. The Morgan fingerprint density at radius 3 is 2.63 bits per heavy atom. The topological polar surface area (TPSA) is 54.2 Å². The van der Waals surface area contributed by atoms with Gasteiger partial charge >= 0.3 is 0 Å². The molecule has 0 unspecified atom stereocenters. The zero-order chi connectivity index (χ0) is 13.8. The van der Waals surface area contributed by atoms with Gasteiger partial charge in [-0.25, -0.2) is 10.8 Å². The lowest BCUT2D eigenvalue weighted by molar-refractivity contribution is 0.377. The standard InChI is InChI=1S/C13H20Cl2N4/c1-2-3-9-4-6-19(7-5-9)13-11(15)8-10(14)12(17-13)18-16/h8-9H,2-7,16H2,1H3,(H,17,18). The van der Waals surface area contributed by atoms with Crippen molar-refractivity contribution in [3.05, 3.63) is 16.1 Å². The number of nitrogen functional groups attached to an aromatic ring is 1. The molecule has 1 aliphatic rings. The van der Waals surface area contributed by atoms with Gasteiger partial charge in [-0.3, -0.25) is 0 Å². The molecule has 0 amide bonds. The van der Waals surface area contributed by atoms with E-state index in [1.54, 1.807) is 6.07 Å². The van der Waals surface area contributed by atoms with Crippen LogP contribution in [0.1, 0.15) is 32.6 Å². The lowest BCUT2D eigenvalue weighted by atomic mass is 9.92. The second kappa shape index (κ2) is 6.64. The number of nitrogens with one attached hydrogen (secondary N) is 1. The number of nitrogens with two attached hydrogens (primary N) is 1. The van der Waals surface area contributed by atoms with E-state index in [4.69, 9.17) is 29.0 Å². The summed E-state index contributed by atoms with van der Waals surface area (Å²) in [5.74, 6) is 7.48. The number of hydrazine groups is 1. The van der Waals surface area contributed by atoms with Crippen LogP contribution >= 0.6 is 23.2 Å². The van der Waals surface area contributed by atoms with E-state index in [-0.39, 0.29) is 0 Å². The molecule has 1 aromatic heterocycles. The SMILES string of the molecule is CCCC1CCN(c2nc(NN)c(Cl)cc2Cl)CC1. The van der Waals surface area contributed by atoms with Gasteiger partial charge in [-0.1, -0.05) is 43.0 Å². The summed E-state index contributed by atoms with van der Waals surface area (Å²) in [5, 5.41) is 1.02. The van der Waals surface area contributed by atoms with Gasteiger partial charge in [-0.05, 0) is 24.8 Å². The quantitative estimate of drug-likeness (QED) is 0.658. The molecule has 0 atom stereocenters. The number of anilines is 2. The highest BCUT2D eigenvalue weighted by Gasteiger charge is 2.22. The van der Waals surface area contributed by atoms with Crippen LogP contribution in [0.15, 0.2) is 6.07 Å². The zero-order valence-electron chi connectivity index (χ0n) is 11.1. The molecular weight excluding hydrogens is 283 g/mol. The molecule has 2 rings (SSSR count). The van der Waals surface area contributed by atoms with E-state index in [9.17, 15) is 0 Å². The summed E-state index contributed by atoms with van der Waals surface area (Å²) < 4.78 is 0. The Hall–Kier alpha value is -0.710. The highest BCUT2D eigenvalue weighted by Crippen LogP contribution is 2.33. The van der Waals surface area contributed by atoms with Gasteiger partial charge in [0, 0.05) is 13.1 Å². The van der Waals surface area contributed by atoms with E-state index >= 15 is 0 Å². The summed E-state index contributed by atoms with van der Waals surface area (Å²) in [4.78, 5) is 6.62. The van der Waals surface area contributed by atoms with E-state index < -0.39 is 0 Å². The summed E-state index contributed by atoms with van der Waals surface area (Å²) in [7, 11) is 0. The summed E-state index contributed by atoms with van der Waals surface area (Å²) >= 11 is 12.2. The van der Waals surface area contributed by atoms with Gasteiger partial charge in [0.15, 0.2) is 5.82 Å². The third-order valence-electron chi connectivity index (χ3n) is 3.66. The Labute approximate surface area is 124 Å². The molecule has 0 spiro atoms. The number of pyridine rings is 1. The minimum Gasteiger partial charge on any atom is -0.355 e. The highest BCUT2D eigenvalue weighted by molar-refractivity contribution is 6.37. The van der Waals surface area contributed by atoms with Crippen molar-refractivity contribution in [2.24, 2.45) is 11.8 Å². The Morgan fingerprint density at radius 1 is 1.37 bits per heavy atom. The Balaban J connectivity index is 2.11. The summed E-state index contributed by atoms with van der Waals surface area (Å²) in [5.41, 5.74) is 2.50. The number of aromatic nitrogens is 1. The first-order chi connectivity index (χ1) is 9.15. The number of hydrogen-bond acceptors (Lipinski definition) is 4. The maximum absolute atomic E-state index is 6.23. The molecule has 6 heteroatoms. The number of halogens is 2. The van der Waals surface area contributed by atoms with E-state index in [0.29, 0.717) is 15.9 Å². The van der Waals surface area contributed by atoms with Crippen molar-refractivity contribution in [2.45, 2.75) is 32.6 Å². The number of rotatable bonds is 4. The fourth-order valence-electron chi connectivity index (χ4n) is 2.62. The van der Waals surface area contributed by atoms with Crippen LogP contribution in [0.25, 0.3) is 0 Å². The van der Waals surface area contributed by atoms with Crippen LogP contribution in [-0.2, 0) is 0 Å². The van der Waals surface area contributed by atoms with E-state index in [0.717, 1.165) is 24.8 Å². The third kappa shape index (κ3) is 3.44. The first-order valence-electron chi connectivity index (χ1n) is 6.73. The molecule has 0 radical (unpaired) electrons. The summed E-state index contributed by atoms with van der Waals surface area (Å²) in [6.07, 6.45) is 4.96. The fraction of sp³-hybridized carbons (Fsp3) is 0.615. The summed E-state index contributed by atoms with van der Waals surface area (Å²) in [6.45, 7) is 4.22. The molecule has 1 aliphatic heterocycles. The molecular formula is C13H20Cl2N4. The van der Waals surface area contributed by atoms with Crippen molar-refractivity contribution in [1.82, 2.24) is 4.98 Å². The maximum Gasteiger partial charge on any atom is 0.161 e. The van der Waals surface area contributed by atoms with Crippen molar-refractivity contribution in [1.29, 1.82) is 0 Å². The van der Waals surface area contributed by atoms with Gasteiger partial charge in [0.1, 0.15) is 5.82 Å². The molecule has 4 nitrogen and oxygen atoms in total. The normalized spacial score (nSPS) is 16.7. The van der Waals surface area contributed by atoms with E-state index in [1.165, 1.54) is 25.7 Å². The number of nitrogens with zero attached hydrogens (tertiary/aromatic N) is 2. The first kappa shape index (κ1) is 14.7. The van der Waals surface area contributed by atoms with Crippen molar-refractivity contribution < 1.29 is 0 Å². The molecule has 0 saturated carbocycles. The van der Waals surface area contributed by atoms with Crippen LogP contribution in [0.5, 0.6) is 0 Å². The fourth-order valence-corrected chi connectivity index (χ4v) is 3.15. The van der Waals surface area contributed by atoms with Crippen molar-refractivity contribution in [2.75, 3.05) is 23.4 Å². The van der Waals surface area contributed by atoms with Gasteiger partial charge in [0.2, 0.25) is 0 Å². The van der Waals surface area contributed by atoms with Gasteiger partial charge in [-0.2, -0.15) is 0 Å². The number of piperidine rings is 1. The molecule has 2 heterocycles. The van der Waals surface area contributed by atoms with Gasteiger partial charge in [0.05, 0.1) is 10.0 Å². The third-order valence-corrected chi connectivity index (χ3v) is 4.22. The van der Waals surface area contributed by atoms with Crippen molar-refractivity contribution in [3.8, 4) is 0 Å². The minimum atomic E-state index is 0.442. The molecule has 1 saturated heterocycles. The van der Waals surface area contributed by atoms with Crippen LogP contribution in [0.4, 0.5) is 11.6 Å². The largest absolute Gasteiger partial charge is 0.355 e. The van der Waals surface area contributed by atoms with Crippen LogP contribution in [-0.4, -0.2) is 18.1 Å². The smallest absolute Gasteiger partial charge is 0.161 e. The van der Waals surface area contributed by atoms with Gasteiger partial charge in [-0.15, -0.1) is 0 Å². The molecule has 1 aromatic rings. The van der Waals surface area contributed by atoms with Gasteiger partial charge in [0.25, 0.3) is 0 Å². The molecule has 106 valence electrons. The van der Waals surface area contributed by atoms with Crippen molar-refractivity contribution >= 4 is 34.8 Å². The second-order valence-electron chi connectivity index (χ2n) is 4.99. The lowest BCUT2D eigenvalue weighted by Crippen LogP contribution is -2.34. The van der Waals surface area contributed by atoms with E-state index in [1.807, 2.05) is 0 Å². The van der Waals surface area contributed by atoms with Crippen LogP contribution in [0.2, 0.25) is 10.0 Å². The monoisotopic (exact) mass is 302 g/mol. The molecule has 3 N–H and O–H groups in total. The molecule has 19 heavy (non-hydrogen) atoms. The van der Waals surface area contributed by atoms with Crippen molar-refractivity contribution in [3.63, 3.8) is 0 Å².